The van der Waals surface area contributed by atoms with Gasteiger partial charge < -0.3 is 25.5 Å². The molecule has 10 heteroatoms. The number of hydrogen-bond donors (Lipinski definition) is 4. The van der Waals surface area contributed by atoms with Crippen LogP contribution in [-0.2, 0) is 4.79 Å². The average molecular weight is 417 g/mol. The number of carbonyl (C=O) groups is 2. The number of nitrogens with one attached hydrogen (secondary N) is 4. The minimum atomic E-state index is -0.616. The first-order chi connectivity index (χ1) is 14.9. The van der Waals surface area contributed by atoms with Crippen molar-refractivity contribution in [2.75, 3.05) is 24.7 Å². The lowest BCUT2D eigenvalue weighted by atomic mass is 10.1. The summed E-state index contributed by atoms with van der Waals surface area (Å²) in [6, 6.07) is 13.7. The van der Waals surface area contributed by atoms with Gasteiger partial charge >= 0.3 is 5.69 Å². The van der Waals surface area contributed by atoms with Crippen LogP contribution in [0.1, 0.15) is 10.4 Å². The minimum absolute atomic E-state index is 0.246. The van der Waals surface area contributed by atoms with Gasteiger partial charge in [-0.05, 0) is 36.4 Å². The molecule has 0 saturated heterocycles. The number of nitrogens with zero attached hydrogens (tertiary/aromatic N) is 3. The summed E-state index contributed by atoms with van der Waals surface area (Å²) in [5.41, 5.74) is 2.46. The summed E-state index contributed by atoms with van der Waals surface area (Å²) in [5.74, 6) is -0.478. The van der Waals surface area contributed by atoms with Gasteiger partial charge in [-0.2, -0.15) is 4.98 Å². The molecule has 4 N–H and O–H groups in total. The number of H-pyrrole nitrogens is 2. The quantitative estimate of drug-likeness (QED) is 0.279. The fraction of sp³-hybridized carbons (Fsp3) is 0.0952. The number of Topliss-reactive ketones (excluding diaryl/α,β-unsaturated/α-hetero) is 1. The molecule has 0 aliphatic rings. The van der Waals surface area contributed by atoms with E-state index in [-0.39, 0.29) is 11.3 Å². The Morgan fingerprint density at radius 2 is 1.74 bits per heavy atom. The molecule has 4 aromatic rings. The van der Waals surface area contributed by atoms with Crippen molar-refractivity contribution in [2.24, 2.45) is 0 Å². The average Bonchev–Trinajstić information content (AvgIpc) is 3.12. The van der Waals surface area contributed by atoms with Gasteiger partial charge in [0, 0.05) is 26.0 Å². The van der Waals surface area contributed by atoms with Gasteiger partial charge in [-0.1, -0.05) is 12.1 Å². The molecule has 0 aliphatic heterocycles. The van der Waals surface area contributed by atoms with Gasteiger partial charge in [0.05, 0.1) is 22.3 Å². The van der Waals surface area contributed by atoms with Gasteiger partial charge in [0.25, 0.3) is 11.7 Å². The number of carbonyl (C=O) groups excluding carboxylic acids is 2. The Kier molecular flexibility index (Phi) is 5.19. The third-order valence-electron chi connectivity index (χ3n) is 4.46. The van der Waals surface area contributed by atoms with E-state index >= 15 is 0 Å². The number of benzene rings is 2. The fourth-order valence-corrected chi connectivity index (χ4v) is 2.97. The summed E-state index contributed by atoms with van der Waals surface area (Å²) < 4.78 is 0. The Labute approximate surface area is 176 Å². The van der Waals surface area contributed by atoms with E-state index in [0.29, 0.717) is 34.2 Å². The van der Waals surface area contributed by atoms with Crippen molar-refractivity contribution in [1.29, 1.82) is 0 Å². The van der Waals surface area contributed by atoms with E-state index in [4.69, 9.17) is 0 Å². The zero-order valence-electron chi connectivity index (χ0n) is 16.8. The topological polar surface area (TPSA) is 136 Å². The lowest BCUT2D eigenvalue weighted by molar-refractivity contribution is -0.124. The molecule has 0 saturated carbocycles. The number of fused-ring (bicyclic) bond motifs is 1. The maximum Gasteiger partial charge on any atom is 0.323 e. The highest BCUT2D eigenvalue weighted by molar-refractivity contribution is 6.43. The first kappa shape index (κ1) is 19.8. The highest BCUT2D eigenvalue weighted by Crippen LogP contribution is 2.22. The Hall–Kier alpha value is -4.47. The van der Waals surface area contributed by atoms with E-state index in [1.807, 2.05) is 0 Å². The first-order valence-electron chi connectivity index (χ1n) is 9.35. The van der Waals surface area contributed by atoms with E-state index in [1.54, 1.807) is 54.7 Å². The molecule has 31 heavy (non-hydrogen) atoms. The Morgan fingerprint density at radius 3 is 2.55 bits per heavy atom. The minimum Gasteiger partial charge on any atom is -0.342 e. The summed E-state index contributed by atoms with van der Waals surface area (Å²) in [5, 5.41) is 6.15. The van der Waals surface area contributed by atoms with Crippen LogP contribution >= 0.6 is 0 Å². The van der Waals surface area contributed by atoms with E-state index in [2.05, 4.69) is 30.6 Å². The molecular weight excluding hydrogens is 398 g/mol. The second-order valence-corrected chi connectivity index (χ2v) is 6.93. The first-order valence-corrected chi connectivity index (χ1v) is 9.35. The zero-order valence-corrected chi connectivity index (χ0v) is 16.8. The fourth-order valence-electron chi connectivity index (χ4n) is 2.97. The smallest absolute Gasteiger partial charge is 0.323 e. The predicted molar refractivity (Wildman–Crippen MR) is 117 cm³/mol. The third-order valence-corrected chi connectivity index (χ3v) is 4.46. The SMILES string of the molecule is CN(C)C(=O)C(=O)c1ccccc1Nc1ccnc(Nc2ccc3[nH]c(=O)[nH]c3c2)n1. The highest BCUT2D eigenvalue weighted by Gasteiger charge is 2.21. The molecule has 1 amide bonds. The van der Waals surface area contributed by atoms with Gasteiger partial charge in [0.1, 0.15) is 5.82 Å². The largest absolute Gasteiger partial charge is 0.342 e. The van der Waals surface area contributed by atoms with Crippen molar-refractivity contribution in [1.82, 2.24) is 24.8 Å². The molecule has 156 valence electrons. The van der Waals surface area contributed by atoms with Crippen molar-refractivity contribution in [3.05, 3.63) is 70.8 Å². The number of anilines is 4. The predicted octanol–water partition coefficient (Wildman–Crippen LogP) is 2.40. The highest BCUT2D eigenvalue weighted by atomic mass is 16.2. The molecular formula is C21H19N7O3. The van der Waals surface area contributed by atoms with Crippen LogP contribution in [0.3, 0.4) is 0 Å². The number of amides is 1. The van der Waals surface area contributed by atoms with Gasteiger partial charge in [0.15, 0.2) is 0 Å². The molecule has 2 aromatic heterocycles. The van der Waals surface area contributed by atoms with E-state index in [1.165, 1.54) is 19.0 Å². The number of hydrogen-bond acceptors (Lipinski definition) is 7. The Bertz CT molecular complexity index is 1340. The van der Waals surface area contributed by atoms with E-state index < -0.39 is 11.7 Å². The third kappa shape index (κ3) is 4.27. The van der Waals surface area contributed by atoms with Crippen LogP contribution in [0.15, 0.2) is 59.5 Å². The lowest BCUT2D eigenvalue weighted by Gasteiger charge is -2.13. The van der Waals surface area contributed by atoms with Crippen molar-refractivity contribution in [3.63, 3.8) is 0 Å². The number of imidazole rings is 1. The number of aromatic amines is 2. The molecule has 2 aromatic carbocycles. The number of rotatable bonds is 6. The standard InChI is InChI=1S/C21H19N7O3/c1-28(2)19(30)18(29)13-5-3-4-6-14(13)24-17-9-10-22-20(27-17)23-12-7-8-15-16(11-12)26-21(31)25-15/h3-11H,1-2H3,(H2,25,26,31)(H2,22,23,24,27). The molecule has 0 spiro atoms. The Morgan fingerprint density at radius 1 is 0.968 bits per heavy atom. The van der Waals surface area contributed by atoms with E-state index in [0.717, 1.165) is 0 Å². The normalized spacial score (nSPS) is 10.6. The molecule has 0 atom stereocenters. The molecule has 10 nitrogen and oxygen atoms in total. The maximum atomic E-state index is 12.5. The number of para-hydroxylation sites is 1. The molecule has 0 aliphatic carbocycles. The summed E-state index contributed by atoms with van der Waals surface area (Å²) in [4.78, 5) is 51.2. The van der Waals surface area contributed by atoms with Crippen molar-refractivity contribution < 1.29 is 9.59 Å². The monoisotopic (exact) mass is 417 g/mol. The maximum absolute atomic E-state index is 12.5. The van der Waals surface area contributed by atoms with Crippen LogP contribution in [0.4, 0.5) is 23.1 Å². The summed E-state index contributed by atoms with van der Waals surface area (Å²) in [6.07, 6.45) is 1.56. The van der Waals surface area contributed by atoms with Crippen molar-refractivity contribution in [2.45, 2.75) is 0 Å². The van der Waals surface area contributed by atoms with Gasteiger partial charge in [-0.15, -0.1) is 0 Å². The van der Waals surface area contributed by atoms with Crippen LogP contribution in [0.25, 0.3) is 11.0 Å². The second-order valence-electron chi connectivity index (χ2n) is 6.93. The van der Waals surface area contributed by atoms with Crippen molar-refractivity contribution in [3.8, 4) is 0 Å². The van der Waals surface area contributed by atoms with Gasteiger partial charge in [0.2, 0.25) is 5.95 Å². The van der Waals surface area contributed by atoms with Gasteiger partial charge in [-0.25, -0.2) is 9.78 Å². The number of aromatic nitrogens is 4. The van der Waals surface area contributed by atoms with Crippen LogP contribution in [0.5, 0.6) is 0 Å². The summed E-state index contributed by atoms with van der Waals surface area (Å²) in [6.45, 7) is 0. The van der Waals surface area contributed by atoms with Crippen LogP contribution < -0.4 is 16.3 Å². The summed E-state index contributed by atoms with van der Waals surface area (Å²) in [7, 11) is 3.05. The number of likely N-dealkylation sites (N-methyl/N-ethyl adjacent to an activating group) is 1. The number of ketones is 1. The van der Waals surface area contributed by atoms with E-state index in [9.17, 15) is 14.4 Å². The molecule has 0 bridgehead atoms. The Balaban J connectivity index is 1.57. The van der Waals surface area contributed by atoms with Crippen LogP contribution in [0, 0.1) is 0 Å². The molecule has 0 unspecified atom stereocenters. The van der Waals surface area contributed by atoms with Gasteiger partial charge in [-0.3, -0.25) is 9.59 Å². The van der Waals surface area contributed by atoms with Crippen molar-refractivity contribution >= 4 is 45.9 Å². The van der Waals surface area contributed by atoms with Crippen LogP contribution in [-0.4, -0.2) is 50.6 Å². The molecule has 2 heterocycles. The second kappa shape index (κ2) is 8.11. The molecule has 0 radical (unpaired) electrons. The summed E-state index contributed by atoms with van der Waals surface area (Å²) >= 11 is 0. The zero-order chi connectivity index (χ0) is 22.0. The molecule has 0 fully saturated rings. The lowest BCUT2D eigenvalue weighted by Crippen LogP contribution is -2.30. The molecule has 4 rings (SSSR count). The van der Waals surface area contributed by atoms with Crippen LogP contribution in [0.2, 0.25) is 0 Å².